The zero-order valence-corrected chi connectivity index (χ0v) is 13.3. The summed E-state index contributed by atoms with van der Waals surface area (Å²) in [7, 11) is -1.69. The Labute approximate surface area is 123 Å². The van der Waals surface area contributed by atoms with Crippen molar-refractivity contribution in [1.29, 1.82) is 0 Å². The van der Waals surface area contributed by atoms with E-state index in [9.17, 15) is 13.2 Å². The summed E-state index contributed by atoms with van der Waals surface area (Å²) in [5.74, 6) is -0.176. The normalized spacial score (nSPS) is 11.8. The van der Waals surface area contributed by atoms with Gasteiger partial charge in [-0.2, -0.15) is 0 Å². The maximum absolute atomic E-state index is 11.7. The molecule has 1 heterocycles. The molecule has 0 spiro atoms. The number of methoxy groups -OCH3 is 1. The predicted octanol–water partition coefficient (Wildman–Crippen LogP) is 0.776. The maximum atomic E-state index is 11.7. The second-order valence-electron chi connectivity index (χ2n) is 4.24. The molecule has 0 bridgehead atoms. The summed E-state index contributed by atoms with van der Waals surface area (Å²) in [4.78, 5) is 12.3. The van der Waals surface area contributed by atoms with Gasteiger partial charge in [0.25, 0.3) is 5.91 Å². The first-order valence-electron chi connectivity index (χ1n) is 6.21. The van der Waals surface area contributed by atoms with Gasteiger partial charge in [-0.3, -0.25) is 4.79 Å². The molecule has 0 aromatic carbocycles. The summed E-state index contributed by atoms with van der Waals surface area (Å²) in [6.07, 6.45) is 1.79. The third-order valence-corrected chi connectivity index (χ3v) is 4.79. The lowest BCUT2D eigenvalue weighted by molar-refractivity contribution is 0.0955. The Bertz CT molecular complexity index is 500. The third-order valence-electron chi connectivity index (χ3n) is 2.62. The van der Waals surface area contributed by atoms with E-state index >= 15 is 0 Å². The SMILES string of the molecule is COCCCN(CCNC(=O)c1cccs1)S(C)(=O)=O. The third kappa shape index (κ3) is 6.00. The van der Waals surface area contributed by atoms with Gasteiger partial charge in [-0.25, -0.2) is 12.7 Å². The zero-order chi connectivity index (χ0) is 15.0. The number of nitrogens with zero attached hydrogens (tertiary/aromatic N) is 1. The molecule has 1 N–H and O–H groups in total. The molecule has 0 saturated carbocycles. The van der Waals surface area contributed by atoms with Gasteiger partial charge in [0.2, 0.25) is 10.0 Å². The van der Waals surface area contributed by atoms with Gasteiger partial charge in [0.1, 0.15) is 0 Å². The molecule has 0 saturated heterocycles. The average molecular weight is 320 g/mol. The van der Waals surface area contributed by atoms with E-state index in [0.29, 0.717) is 24.4 Å². The summed E-state index contributed by atoms with van der Waals surface area (Å²) in [6.45, 7) is 1.45. The second-order valence-corrected chi connectivity index (χ2v) is 7.17. The minimum Gasteiger partial charge on any atom is -0.385 e. The lowest BCUT2D eigenvalue weighted by Crippen LogP contribution is -2.38. The van der Waals surface area contributed by atoms with Crippen LogP contribution in [0.3, 0.4) is 0 Å². The van der Waals surface area contributed by atoms with Gasteiger partial charge in [-0.1, -0.05) is 6.07 Å². The van der Waals surface area contributed by atoms with Crippen LogP contribution in [0.25, 0.3) is 0 Å². The van der Waals surface area contributed by atoms with Crippen LogP contribution in [0.5, 0.6) is 0 Å². The number of hydrogen-bond donors (Lipinski definition) is 1. The van der Waals surface area contributed by atoms with Crippen molar-refractivity contribution in [3.63, 3.8) is 0 Å². The van der Waals surface area contributed by atoms with E-state index in [0.717, 1.165) is 0 Å². The Balaban J connectivity index is 2.40. The van der Waals surface area contributed by atoms with Crippen LogP contribution in [0.4, 0.5) is 0 Å². The number of hydrogen-bond acceptors (Lipinski definition) is 5. The fraction of sp³-hybridized carbons (Fsp3) is 0.583. The number of ether oxygens (including phenoxy) is 1. The molecule has 6 nitrogen and oxygen atoms in total. The van der Waals surface area contributed by atoms with Crippen LogP contribution in [-0.4, -0.2) is 58.2 Å². The molecular formula is C12H20N2O4S2. The maximum Gasteiger partial charge on any atom is 0.261 e. The smallest absolute Gasteiger partial charge is 0.261 e. The molecule has 0 unspecified atom stereocenters. The van der Waals surface area contributed by atoms with Crippen LogP contribution >= 0.6 is 11.3 Å². The lowest BCUT2D eigenvalue weighted by Gasteiger charge is -2.19. The Morgan fingerprint density at radius 3 is 2.75 bits per heavy atom. The molecule has 1 aromatic rings. The van der Waals surface area contributed by atoms with E-state index < -0.39 is 10.0 Å². The highest BCUT2D eigenvalue weighted by Crippen LogP contribution is 2.07. The molecule has 1 amide bonds. The number of nitrogens with one attached hydrogen (secondary N) is 1. The average Bonchev–Trinajstić information content (AvgIpc) is 2.89. The van der Waals surface area contributed by atoms with Crippen LogP contribution in [-0.2, 0) is 14.8 Å². The largest absolute Gasteiger partial charge is 0.385 e. The highest BCUT2D eigenvalue weighted by atomic mass is 32.2. The van der Waals surface area contributed by atoms with Gasteiger partial charge in [0.05, 0.1) is 11.1 Å². The minimum absolute atomic E-state index is 0.176. The Kier molecular flexibility index (Phi) is 7.14. The zero-order valence-electron chi connectivity index (χ0n) is 11.7. The van der Waals surface area contributed by atoms with Crippen molar-refractivity contribution in [2.45, 2.75) is 6.42 Å². The van der Waals surface area contributed by atoms with Crippen LogP contribution in [0.2, 0.25) is 0 Å². The number of carbonyl (C=O) groups excluding carboxylic acids is 1. The molecule has 8 heteroatoms. The summed E-state index contributed by atoms with van der Waals surface area (Å²) in [5, 5.41) is 4.53. The number of sulfonamides is 1. The standard InChI is InChI=1S/C12H20N2O4S2/c1-18-9-4-7-14(20(2,16)17)8-6-13-12(15)11-5-3-10-19-11/h3,5,10H,4,6-9H2,1-2H3,(H,13,15). The second kappa shape index (κ2) is 8.35. The van der Waals surface area contributed by atoms with Crippen molar-refractivity contribution < 1.29 is 17.9 Å². The number of thiophene rings is 1. The molecular weight excluding hydrogens is 300 g/mol. The molecule has 1 rings (SSSR count). The summed E-state index contributed by atoms with van der Waals surface area (Å²) >= 11 is 1.35. The van der Waals surface area contributed by atoms with Gasteiger partial charge in [0, 0.05) is 33.4 Å². The highest BCUT2D eigenvalue weighted by molar-refractivity contribution is 7.88. The van der Waals surface area contributed by atoms with Crippen LogP contribution in [0.1, 0.15) is 16.1 Å². The topological polar surface area (TPSA) is 75.7 Å². The van der Waals surface area contributed by atoms with E-state index in [1.54, 1.807) is 19.2 Å². The molecule has 0 atom stereocenters. The van der Waals surface area contributed by atoms with Crippen LogP contribution < -0.4 is 5.32 Å². The molecule has 0 aliphatic carbocycles. The predicted molar refractivity (Wildman–Crippen MR) is 79.6 cm³/mol. The van der Waals surface area contributed by atoms with E-state index in [4.69, 9.17) is 4.74 Å². The van der Waals surface area contributed by atoms with Crippen molar-refractivity contribution >= 4 is 27.3 Å². The van der Waals surface area contributed by atoms with Crippen molar-refractivity contribution in [3.8, 4) is 0 Å². The fourth-order valence-corrected chi connectivity index (χ4v) is 3.14. The first kappa shape index (κ1) is 17.1. The number of rotatable bonds is 9. The Hall–Kier alpha value is -0.960. The molecule has 114 valence electrons. The lowest BCUT2D eigenvalue weighted by atomic mass is 10.4. The van der Waals surface area contributed by atoms with E-state index in [2.05, 4.69) is 5.32 Å². The van der Waals surface area contributed by atoms with Gasteiger partial charge in [0.15, 0.2) is 0 Å². The van der Waals surface area contributed by atoms with Crippen molar-refractivity contribution in [3.05, 3.63) is 22.4 Å². The number of carbonyl (C=O) groups is 1. The first-order chi connectivity index (χ1) is 9.45. The van der Waals surface area contributed by atoms with Crippen molar-refractivity contribution in [1.82, 2.24) is 9.62 Å². The minimum atomic E-state index is -3.27. The molecule has 0 fully saturated rings. The summed E-state index contributed by atoms with van der Waals surface area (Å²) in [5.41, 5.74) is 0. The Morgan fingerprint density at radius 2 is 2.20 bits per heavy atom. The summed E-state index contributed by atoms with van der Waals surface area (Å²) in [6, 6.07) is 3.53. The monoisotopic (exact) mass is 320 g/mol. The van der Waals surface area contributed by atoms with Gasteiger partial charge < -0.3 is 10.1 Å². The number of amides is 1. The van der Waals surface area contributed by atoms with Crippen LogP contribution in [0.15, 0.2) is 17.5 Å². The molecule has 0 radical (unpaired) electrons. The van der Waals surface area contributed by atoms with Crippen LogP contribution in [0, 0.1) is 0 Å². The van der Waals surface area contributed by atoms with Gasteiger partial charge in [-0.15, -0.1) is 11.3 Å². The molecule has 0 aliphatic heterocycles. The summed E-state index contributed by atoms with van der Waals surface area (Å²) < 4.78 is 29.5. The first-order valence-corrected chi connectivity index (χ1v) is 8.93. The van der Waals surface area contributed by atoms with E-state index in [1.807, 2.05) is 5.38 Å². The van der Waals surface area contributed by atoms with E-state index in [-0.39, 0.29) is 19.0 Å². The van der Waals surface area contributed by atoms with Crippen molar-refractivity contribution in [2.24, 2.45) is 0 Å². The van der Waals surface area contributed by atoms with E-state index in [1.165, 1.54) is 21.9 Å². The molecule has 0 aliphatic rings. The highest BCUT2D eigenvalue weighted by Gasteiger charge is 2.16. The van der Waals surface area contributed by atoms with Gasteiger partial charge in [-0.05, 0) is 17.9 Å². The Morgan fingerprint density at radius 1 is 1.45 bits per heavy atom. The van der Waals surface area contributed by atoms with Gasteiger partial charge >= 0.3 is 0 Å². The fourth-order valence-electron chi connectivity index (χ4n) is 1.62. The molecule has 1 aromatic heterocycles. The van der Waals surface area contributed by atoms with Crippen molar-refractivity contribution in [2.75, 3.05) is 39.6 Å². The quantitative estimate of drug-likeness (QED) is 0.682. The molecule has 20 heavy (non-hydrogen) atoms.